The third-order valence-electron chi connectivity index (χ3n) is 2.77. The van der Waals surface area contributed by atoms with Gasteiger partial charge in [0.2, 0.25) is 0 Å². The zero-order valence-corrected chi connectivity index (χ0v) is 11.4. The smallest absolute Gasteiger partial charge is 0.143 e. The summed E-state index contributed by atoms with van der Waals surface area (Å²) in [4.78, 5) is 4.31. The van der Waals surface area contributed by atoms with Gasteiger partial charge in [-0.3, -0.25) is 4.99 Å². The van der Waals surface area contributed by atoms with E-state index in [-0.39, 0.29) is 5.82 Å². The Kier molecular flexibility index (Phi) is 3.70. The first-order chi connectivity index (χ1) is 10.2. The van der Waals surface area contributed by atoms with E-state index in [4.69, 9.17) is 11.6 Å². The van der Waals surface area contributed by atoms with Crippen LogP contribution < -0.4 is 0 Å². The zero-order chi connectivity index (χ0) is 14.7. The number of rotatable bonds is 3. The Hall–Kier alpha value is -2.60. The van der Waals surface area contributed by atoms with E-state index in [1.807, 2.05) is 0 Å². The molecule has 1 heterocycles. The standard InChI is InChI=1S/C14H9ClFN5/c15-13-6-5-12(21-9-18-19-20-21)7-14(13)17-8-10-1-3-11(16)4-2-10/h1-9H. The molecule has 7 heteroatoms. The van der Waals surface area contributed by atoms with Gasteiger partial charge < -0.3 is 0 Å². The molecule has 0 fully saturated rings. The largest absolute Gasteiger partial charge is 0.255 e. The van der Waals surface area contributed by atoms with Crippen LogP contribution >= 0.6 is 11.6 Å². The zero-order valence-electron chi connectivity index (χ0n) is 10.7. The van der Waals surface area contributed by atoms with Crippen LogP contribution in [0.1, 0.15) is 5.56 Å². The van der Waals surface area contributed by atoms with Gasteiger partial charge in [0, 0.05) is 6.21 Å². The Morgan fingerprint density at radius 1 is 1.14 bits per heavy atom. The summed E-state index contributed by atoms with van der Waals surface area (Å²) in [6, 6.07) is 11.3. The molecule has 2 aromatic carbocycles. The fourth-order valence-electron chi connectivity index (χ4n) is 1.72. The lowest BCUT2D eigenvalue weighted by Crippen LogP contribution is -1.94. The number of aromatic nitrogens is 4. The number of hydrogen-bond acceptors (Lipinski definition) is 4. The second kappa shape index (κ2) is 5.80. The maximum atomic E-state index is 12.8. The fraction of sp³-hybridized carbons (Fsp3) is 0. The van der Waals surface area contributed by atoms with Crippen molar-refractivity contribution in [2.45, 2.75) is 0 Å². The molecule has 0 spiro atoms. The van der Waals surface area contributed by atoms with Crippen LogP contribution in [0.4, 0.5) is 10.1 Å². The molecule has 0 aliphatic rings. The summed E-state index contributed by atoms with van der Waals surface area (Å²) in [5, 5.41) is 11.5. The highest BCUT2D eigenvalue weighted by atomic mass is 35.5. The van der Waals surface area contributed by atoms with Crippen molar-refractivity contribution in [1.29, 1.82) is 0 Å². The average molecular weight is 302 g/mol. The molecule has 0 aliphatic carbocycles. The van der Waals surface area contributed by atoms with E-state index in [0.29, 0.717) is 10.7 Å². The molecule has 21 heavy (non-hydrogen) atoms. The molecule has 0 atom stereocenters. The third-order valence-corrected chi connectivity index (χ3v) is 3.09. The van der Waals surface area contributed by atoms with Gasteiger partial charge in [-0.05, 0) is 46.3 Å². The Bertz CT molecular complexity index is 769. The van der Waals surface area contributed by atoms with Gasteiger partial charge in [0.25, 0.3) is 0 Å². The van der Waals surface area contributed by atoms with Gasteiger partial charge >= 0.3 is 0 Å². The van der Waals surface area contributed by atoms with Crippen LogP contribution in [0.2, 0.25) is 5.02 Å². The van der Waals surface area contributed by atoms with Crippen molar-refractivity contribution in [1.82, 2.24) is 20.2 Å². The van der Waals surface area contributed by atoms with Crippen LogP contribution in [0, 0.1) is 5.82 Å². The molecule has 3 rings (SSSR count). The molecule has 0 aliphatic heterocycles. The number of halogens is 2. The summed E-state index contributed by atoms with van der Waals surface area (Å²) >= 11 is 6.11. The summed E-state index contributed by atoms with van der Waals surface area (Å²) in [5.41, 5.74) is 2.10. The molecule has 0 N–H and O–H groups in total. The molecule has 3 aromatic rings. The first kappa shape index (κ1) is 13.4. The molecule has 0 saturated carbocycles. The topological polar surface area (TPSA) is 56.0 Å². The minimum Gasteiger partial charge on any atom is -0.255 e. The Labute approximate surface area is 124 Å². The Morgan fingerprint density at radius 2 is 1.95 bits per heavy atom. The summed E-state index contributed by atoms with van der Waals surface area (Å²) in [7, 11) is 0. The van der Waals surface area contributed by atoms with Gasteiger partial charge in [-0.1, -0.05) is 23.7 Å². The first-order valence-corrected chi connectivity index (χ1v) is 6.43. The van der Waals surface area contributed by atoms with Crippen LogP contribution in [0.15, 0.2) is 53.8 Å². The van der Waals surface area contributed by atoms with Gasteiger partial charge in [0.1, 0.15) is 12.1 Å². The highest BCUT2D eigenvalue weighted by Crippen LogP contribution is 2.27. The van der Waals surface area contributed by atoms with E-state index >= 15 is 0 Å². The number of aliphatic imine (C=N–C) groups is 1. The third kappa shape index (κ3) is 3.11. The first-order valence-electron chi connectivity index (χ1n) is 6.05. The van der Waals surface area contributed by atoms with Gasteiger partial charge in [0.05, 0.1) is 16.4 Å². The van der Waals surface area contributed by atoms with Gasteiger partial charge in [-0.2, -0.15) is 0 Å². The van der Waals surface area contributed by atoms with Gasteiger partial charge in [-0.25, -0.2) is 9.07 Å². The van der Waals surface area contributed by atoms with Crippen LogP contribution in [-0.2, 0) is 0 Å². The minimum absolute atomic E-state index is 0.286. The second-order valence-electron chi connectivity index (χ2n) is 4.20. The van der Waals surface area contributed by atoms with Gasteiger partial charge in [0.15, 0.2) is 0 Å². The van der Waals surface area contributed by atoms with E-state index in [2.05, 4.69) is 20.5 Å². The number of tetrazole rings is 1. The number of benzene rings is 2. The second-order valence-corrected chi connectivity index (χ2v) is 4.61. The van der Waals surface area contributed by atoms with E-state index in [1.54, 1.807) is 36.5 Å². The van der Waals surface area contributed by atoms with Crippen molar-refractivity contribution in [3.8, 4) is 5.69 Å². The summed E-state index contributed by atoms with van der Waals surface area (Å²) in [6.07, 6.45) is 3.10. The molecule has 0 bridgehead atoms. The maximum absolute atomic E-state index is 12.8. The summed E-state index contributed by atoms with van der Waals surface area (Å²) < 4.78 is 14.3. The quantitative estimate of drug-likeness (QED) is 0.698. The lowest BCUT2D eigenvalue weighted by Gasteiger charge is -2.03. The maximum Gasteiger partial charge on any atom is 0.143 e. The van der Waals surface area contributed by atoms with E-state index < -0.39 is 0 Å². The van der Waals surface area contributed by atoms with Crippen molar-refractivity contribution >= 4 is 23.5 Å². The summed E-state index contributed by atoms with van der Waals surface area (Å²) in [5.74, 6) is -0.286. The fourth-order valence-corrected chi connectivity index (χ4v) is 1.88. The normalized spacial score (nSPS) is 11.1. The molecule has 104 valence electrons. The lowest BCUT2D eigenvalue weighted by atomic mass is 10.2. The van der Waals surface area contributed by atoms with Crippen molar-refractivity contribution < 1.29 is 4.39 Å². The predicted octanol–water partition coefficient (Wildman–Crippen LogP) is 3.21. The Morgan fingerprint density at radius 3 is 2.67 bits per heavy atom. The molecule has 5 nitrogen and oxygen atoms in total. The van der Waals surface area contributed by atoms with Crippen LogP contribution in [0.3, 0.4) is 0 Å². The van der Waals surface area contributed by atoms with E-state index in [9.17, 15) is 4.39 Å². The van der Waals surface area contributed by atoms with Crippen molar-refractivity contribution in [3.63, 3.8) is 0 Å². The average Bonchev–Trinajstić information content (AvgIpc) is 3.02. The SMILES string of the molecule is Fc1ccc(C=Nc2cc(-n3cnnn3)ccc2Cl)cc1. The van der Waals surface area contributed by atoms with E-state index in [0.717, 1.165) is 11.3 Å². The number of hydrogen-bond donors (Lipinski definition) is 0. The van der Waals surface area contributed by atoms with Crippen LogP contribution in [-0.4, -0.2) is 26.4 Å². The highest BCUT2D eigenvalue weighted by molar-refractivity contribution is 6.33. The van der Waals surface area contributed by atoms with Crippen LogP contribution in [0.25, 0.3) is 5.69 Å². The Balaban J connectivity index is 1.91. The van der Waals surface area contributed by atoms with Crippen molar-refractivity contribution in [3.05, 3.63) is 65.2 Å². The van der Waals surface area contributed by atoms with Crippen molar-refractivity contribution in [2.24, 2.45) is 4.99 Å². The monoisotopic (exact) mass is 301 g/mol. The molecule has 0 saturated heterocycles. The number of nitrogens with zero attached hydrogens (tertiary/aromatic N) is 5. The lowest BCUT2D eigenvalue weighted by molar-refractivity contribution is 0.628. The molecule has 0 unspecified atom stereocenters. The molecule has 1 aromatic heterocycles. The molecular weight excluding hydrogens is 293 g/mol. The van der Waals surface area contributed by atoms with E-state index in [1.165, 1.54) is 23.1 Å². The molecule has 0 amide bonds. The van der Waals surface area contributed by atoms with Gasteiger partial charge in [-0.15, -0.1) is 5.10 Å². The summed E-state index contributed by atoms with van der Waals surface area (Å²) in [6.45, 7) is 0. The molecule has 0 radical (unpaired) electrons. The molecular formula is C14H9ClFN5. The minimum atomic E-state index is -0.286. The van der Waals surface area contributed by atoms with Crippen LogP contribution in [0.5, 0.6) is 0 Å². The predicted molar refractivity (Wildman–Crippen MR) is 77.8 cm³/mol. The highest BCUT2D eigenvalue weighted by Gasteiger charge is 2.03. The van der Waals surface area contributed by atoms with Crippen molar-refractivity contribution in [2.75, 3.05) is 0 Å².